The second-order valence-corrected chi connectivity index (χ2v) is 3.53. The van der Waals surface area contributed by atoms with E-state index >= 15 is 0 Å². The van der Waals surface area contributed by atoms with Crippen LogP contribution < -0.4 is 5.32 Å². The Balaban J connectivity index is 2.24. The molecule has 2 heterocycles. The zero-order valence-electron chi connectivity index (χ0n) is 9.49. The molecule has 1 amide bonds. The van der Waals surface area contributed by atoms with Crippen LogP contribution in [0.1, 0.15) is 20.8 Å². The molecule has 2 N–H and O–H groups in total. The quantitative estimate of drug-likeness (QED) is 0.833. The Morgan fingerprint density at radius 1 is 1.39 bits per heavy atom. The predicted octanol–water partition coefficient (Wildman–Crippen LogP) is 0.766. The summed E-state index contributed by atoms with van der Waals surface area (Å²) in [6.07, 6.45) is 3.02. The van der Waals surface area contributed by atoms with Crippen molar-refractivity contribution in [3.05, 3.63) is 41.9 Å². The number of nitrogens with zero attached hydrogens (tertiary/aromatic N) is 3. The lowest BCUT2D eigenvalue weighted by Gasteiger charge is -2.05. The van der Waals surface area contributed by atoms with Crippen molar-refractivity contribution in [3.8, 4) is 0 Å². The lowest BCUT2D eigenvalue weighted by molar-refractivity contribution is 0.0697. The van der Waals surface area contributed by atoms with E-state index in [0.29, 0.717) is 0 Å². The fourth-order valence-electron chi connectivity index (χ4n) is 1.39. The zero-order chi connectivity index (χ0) is 13.1. The number of carboxylic acid groups (broad SMARTS) is 1. The summed E-state index contributed by atoms with van der Waals surface area (Å²) >= 11 is 0. The van der Waals surface area contributed by atoms with E-state index in [4.69, 9.17) is 5.11 Å². The van der Waals surface area contributed by atoms with Crippen LogP contribution in [0, 0.1) is 0 Å². The second kappa shape index (κ2) is 4.66. The van der Waals surface area contributed by atoms with Gasteiger partial charge in [0.2, 0.25) is 0 Å². The van der Waals surface area contributed by atoms with Crippen LogP contribution in [0.15, 0.2) is 30.6 Å². The van der Waals surface area contributed by atoms with Crippen molar-refractivity contribution in [3.63, 3.8) is 0 Å². The lowest BCUT2D eigenvalue weighted by Crippen LogP contribution is -2.16. The van der Waals surface area contributed by atoms with Crippen LogP contribution >= 0.6 is 0 Å². The maximum atomic E-state index is 11.8. The molecule has 18 heavy (non-hydrogen) atoms. The molecule has 0 unspecified atom stereocenters. The summed E-state index contributed by atoms with van der Waals surface area (Å²) in [6, 6.07) is 4.38. The number of anilines is 1. The third-order valence-electron chi connectivity index (χ3n) is 2.22. The average molecular weight is 246 g/mol. The van der Waals surface area contributed by atoms with Crippen molar-refractivity contribution < 1.29 is 14.7 Å². The van der Waals surface area contributed by atoms with Crippen molar-refractivity contribution in [1.29, 1.82) is 0 Å². The molecule has 7 nitrogen and oxygen atoms in total. The lowest BCUT2D eigenvalue weighted by atomic mass is 10.2. The van der Waals surface area contributed by atoms with E-state index in [1.807, 2.05) is 0 Å². The van der Waals surface area contributed by atoms with E-state index in [1.165, 1.54) is 29.1 Å². The number of aryl methyl sites for hydroxylation is 1. The van der Waals surface area contributed by atoms with Crippen LogP contribution in [0.2, 0.25) is 0 Å². The summed E-state index contributed by atoms with van der Waals surface area (Å²) in [4.78, 5) is 26.5. The minimum atomic E-state index is -1.15. The first-order valence-corrected chi connectivity index (χ1v) is 5.07. The SMILES string of the molecule is Cn1ccc(C(=O)Nc2ncccc2C(=O)O)n1. The van der Waals surface area contributed by atoms with Gasteiger partial charge in [0, 0.05) is 19.4 Å². The number of hydrogen-bond donors (Lipinski definition) is 2. The number of carbonyl (C=O) groups excluding carboxylic acids is 1. The van der Waals surface area contributed by atoms with Gasteiger partial charge in [0.1, 0.15) is 11.4 Å². The van der Waals surface area contributed by atoms with E-state index in [2.05, 4.69) is 15.4 Å². The minimum Gasteiger partial charge on any atom is -0.478 e. The summed E-state index contributed by atoms with van der Waals surface area (Å²) < 4.78 is 1.48. The van der Waals surface area contributed by atoms with Crippen LogP contribution in [0.5, 0.6) is 0 Å². The second-order valence-electron chi connectivity index (χ2n) is 3.53. The van der Waals surface area contributed by atoms with Gasteiger partial charge < -0.3 is 10.4 Å². The van der Waals surface area contributed by atoms with Crippen LogP contribution in [0.25, 0.3) is 0 Å². The number of carbonyl (C=O) groups is 2. The summed E-state index contributed by atoms with van der Waals surface area (Å²) in [5, 5.41) is 15.3. The van der Waals surface area contributed by atoms with Gasteiger partial charge in [0.05, 0.1) is 0 Å². The Morgan fingerprint density at radius 3 is 2.78 bits per heavy atom. The molecule has 0 aliphatic heterocycles. The van der Waals surface area contributed by atoms with Gasteiger partial charge >= 0.3 is 5.97 Å². The number of aromatic nitrogens is 3. The molecule has 0 saturated heterocycles. The summed E-state index contributed by atoms with van der Waals surface area (Å²) in [5.74, 6) is -1.66. The number of amides is 1. The highest BCUT2D eigenvalue weighted by molar-refractivity contribution is 6.05. The molecule has 0 aromatic carbocycles. The normalized spacial score (nSPS) is 10.1. The van der Waals surface area contributed by atoms with Crippen LogP contribution in [-0.4, -0.2) is 31.7 Å². The van der Waals surface area contributed by atoms with Gasteiger partial charge in [-0.05, 0) is 18.2 Å². The van der Waals surface area contributed by atoms with Gasteiger partial charge in [-0.15, -0.1) is 0 Å². The van der Waals surface area contributed by atoms with Crippen molar-refractivity contribution in [2.24, 2.45) is 7.05 Å². The van der Waals surface area contributed by atoms with Gasteiger partial charge in [-0.25, -0.2) is 9.78 Å². The standard InChI is InChI=1S/C11H10N4O3/c1-15-6-4-8(14-15)10(16)13-9-7(11(17)18)3-2-5-12-9/h2-6H,1H3,(H,17,18)(H,12,13,16). The highest BCUT2D eigenvalue weighted by atomic mass is 16.4. The number of hydrogen-bond acceptors (Lipinski definition) is 4. The van der Waals surface area contributed by atoms with Crippen molar-refractivity contribution in [2.75, 3.05) is 5.32 Å². The molecule has 0 spiro atoms. The smallest absolute Gasteiger partial charge is 0.339 e. The van der Waals surface area contributed by atoms with E-state index in [0.717, 1.165) is 0 Å². The fraction of sp³-hybridized carbons (Fsp3) is 0.0909. The molecule has 2 aromatic rings. The molecule has 0 atom stereocenters. The molecule has 92 valence electrons. The molecular formula is C11H10N4O3. The van der Waals surface area contributed by atoms with Crippen molar-refractivity contribution in [2.45, 2.75) is 0 Å². The topological polar surface area (TPSA) is 97.1 Å². The Bertz CT molecular complexity index is 606. The highest BCUT2D eigenvalue weighted by Gasteiger charge is 2.15. The van der Waals surface area contributed by atoms with Crippen LogP contribution in [0.4, 0.5) is 5.82 Å². The van der Waals surface area contributed by atoms with Crippen LogP contribution in [0.3, 0.4) is 0 Å². The van der Waals surface area contributed by atoms with Gasteiger partial charge in [0.25, 0.3) is 5.91 Å². The highest BCUT2D eigenvalue weighted by Crippen LogP contribution is 2.12. The molecule has 0 saturated carbocycles. The van der Waals surface area contributed by atoms with Crippen molar-refractivity contribution in [1.82, 2.24) is 14.8 Å². The van der Waals surface area contributed by atoms with E-state index in [-0.39, 0.29) is 17.1 Å². The molecular weight excluding hydrogens is 236 g/mol. The van der Waals surface area contributed by atoms with Gasteiger partial charge in [-0.1, -0.05) is 0 Å². The Morgan fingerprint density at radius 2 is 2.17 bits per heavy atom. The number of aromatic carboxylic acids is 1. The Hall–Kier alpha value is -2.70. The van der Waals surface area contributed by atoms with Gasteiger partial charge in [-0.3, -0.25) is 9.48 Å². The first kappa shape index (κ1) is 11.8. The minimum absolute atomic E-state index is 0.000605. The predicted molar refractivity (Wildman–Crippen MR) is 62.4 cm³/mol. The summed E-state index contributed by atoms with van der Waals surface area (Å²) in [7, 11) is 1.68. The monoisotopic (exact) mass is 246 g/mol. The maximum Gasteiger partial charge on any atom is 0.339 e. The van der Waals surface area contributed by atoms with E-state index in [1.54, 1.807) is 13.2 Å². The number of carboxylic acids is 1. The molecule has 0 aliphatic rings. The van der Waals surface area contributed by atoms with Crippen molar-refractivity contribution >= 4 is 17.7 Å². The zero-order valence-corrected chi connectivity index (χ0v) is 9.49. The van der Waals surface area contributed by atoms with Gasteiger partial charge in [0.15, 0.2) is 5.69 Å². The third kappa shape index (κ3) is 2.34. The summed E-state index contributed by atoms with van der Waals surface area (Å²) in [6.45, 7) is 0. The maximum absolute atomic E-state index is 11.8. The largest absolute Gasteiger partial charge is 0.478 e. The first-order valence-electron chi connectivity index (χ1n) is 5.07. The molecule has 0 fully saturated rings. The number of pyridine rings is 1. The Labute approximate surface area is 102 Å². The van der Waals surface area contributed by atoms with E-state index < -0.39 is 11.9 Å². The molecule has 2 aromatic heterocycles. The fourth-order valence-corrected chi connectivity index (χ4v) is 1.39. The molecule has 0 radical (unpaired) electrons. The molecule has 0 bridgehead atoms. The van der Waals surface area contributed by atoms with Gasteiger partial charge in [-0.2, -0.15) is 5.10 Å². The molecule has 2 rings (SSSR count). The summed E-state index contributed by atoms with van der Waals surface area (Å²) in [5.41, 5.74) is 0.126. The third-order valence-corrected chi connectivity index (χ3v) is 2.22. The van der Waals surface area contributed by atoms with Crippen LogP contribution in [-0.2, 0) is 7.05 Å². The number of nitrogens with one attached hydrogen (secondary N) is 1. The van der Waals surface area contributed by atoms with E-state index in [9.17, 15) is 9.59 Å². The molecule has 7 heteroatoms. The first-order chi connectivity index (χ1) is 8.58. The Kier molecular flexibility index (Phi) is 3.05. The molecule has 0 aliphatic carbocycles. The number of rotatable bonds is 3. The average Bonchev–Trinajstić information content (AvgIpc) is 2.76.